The number of ketones is 1. The van der Waals surface area contributed by atoms with Crippen LogP contribution in [0.2, 0.25) is 0 Å². The van der Waals surface area contributed by atoms with E-state index in [1.165, 1.54) is 11.3 Å². The minimum atomic E-state index is -1.29. The summed E-state index contributed by atoms with van der Waals surface area (Å²) in [6, 6.07) is 15.6. The van der Waals surface area contributed by atoms with Gasteiger partial charge in [0.05, 0.1) is 32.8 Å². The van der Waals surface area contributed by atoms with Crippen LogP contribution in [0.25, 0.3) is 21.8 Å². The number of rotatable bonds is 11. The molecule has 1 aliphatic rings. The molecular formula is C38H39N7O7S. The summed E-state index contributed by atoms with van der Waals surface area (Å²) in [5, 5.41) is 22.6. The van der Waals surface area contributed by atoms with Crippen LogP contribution in [0, 0.1) is 12.8 Å². The lowest BCUT2D eigenvalue weighted by Gasteiger charge is -2.19. The van der Waals surface area contributed by atoms with Crippen molar-refractivity contribution in [3.05, 3.63) is 111 Å². The Bertz CT molecular complexity index is 2390. The van der Waals surface area contributed by atoms with E-state index in [2.05, 4.69) is 31.3 Å². The zero-order valence-corrected chi connectivity index (χ0v) is 30.2. The Morgan fingerprint density at radius 3 is 2.66 bits per heavy atom. The van der Waals surface area contributed by atoms with Crippen molar-refractivity contribution >= 4 is 61.8 Å². The minimum Gasteiger partial charge on any atom is -0.481 e. The number of carboxylic acid groups (broad SMARTS) is 2. The van der Waals surface area contributed by atoms with E-state index in [0.29, 0.717) is 28.1 Å². The predicted octanol–water partition coefficient (Wildman–Crippen LogP) is 4.87. The number of nitrogens with one attached hydrogen (secondary N) is 3. The monoisotopic (exact) mass is 737 g/mol. The summed E-state index contributed by atoms with van der Waals surface area (Å²) in [6.45, 7) is 2.19. The molecule has 15 heteroatoms. The van der Waals surface area contributed by atoms with Crippen molar-refractivity contribution in [3.8, 4) is 0 Å². The van der Waals surface area contributed by atoms with E-state index in [-0.39, 0.29) is 30.1 Å². The zero-order valence-electron chi connectivity index (χ0n) is 29.4. The lowest BCUT2D eigenvalue weighted by atomic mass is 9.84. The van der Waals surface area contributed by atoms with E-state index in [1.54, 1.807) is 37.5 Å². The number of hydrogen-bond donors (Lipinski definition) is 5. The molecule has 2 aromatic carbocycles. The van der Waals surface area contributed by atoms with Gasteiger partial charge in [0.15, 0.2) is 5.78 Å². The minimum absolute atomic E-state index is 0.0590. The highest BCUT2D eigenvalue weighted by Crippen LogP contribution is 2.30. The van der Waals surface area contributed by atoms with Gasteiger partial charge in [-0.05, 0) is 68.5 Å². The van der Waals surface area contributed by atoms with E-state index >= 15 is 0 Å². The topological polar surface area (TPSA) is 203 Å². The molecule has 0 aliphatic heterocycles. The molecule has 274 valence electrons. The first-order valence-corrected chi connectivity index (χ1v) is 17.8. The van der Waals surface area contributed by atoms with E-state index in [4.69, 9.17) is 5.11 Å². The van der Waals surface area contributed by atoms with Crippen LogP contribution in [0.4, 0.5) is 5.00 Å². The van der Waals surface area contributed by atoms with Gasteiger partial charge in [-0.2, -0.15) is 0 Å². The maximum Gasteiger partial charge on any atom is 0.326 e. The summed E-state index contributed by atoms with van der Waals surface area (Å²) in [4.78, 5) is 76.2. The summed E-state index contributed by atoms with van der Waals surface area (Å²) >= 11 is 1.18. The number of thiophene rings is 1. The Morgan fingerprint density at radius 1 is 1.09 bits per heavy atom. The molecule has 0 saturated carbocycles. The molecule has 0 unspecified atom stereocenters. The molecule has 4 heterocycles. The van der Waals surface area contributed by atoms with Crippen LogP contribution < -0.4 is 15.8 Å². The van der Waals surface area contributed by atoms with Crippen LogP contribution in [0.1, 0.15) is 62.1 Å². The van der Waals surface area contributed by atoms with Crippen molar-refractivity contribution in [2.45, 2.75) is 51.6 Å². The number of para-hydroxylation sites is 1. The molecule has 14 nitrogen and oxygen atoms in total. The quantitative estimate of drug-likeness (QED) is 0.114. The number of fused-ring (bicyclic) bond motifs is 3. The van der Waals surface area contributed by atoms with Crippen LogP contribution in [0.3, 0.4) is 0 Å². The molecule has 53 heavy (non-hydrogen) atoms. The van der Waals surface area contributed by atoms with Crippen LogP contribution >= 0.6 is 11.3 Å². The molecule has 0 spiro atoms. The van der Waals surface area contributed by atoms with Gasteiger partial charge in [-0.3, -0.25) is 19.2 Å². The Labute approximate surface area is 307 Å². The highest BCUT2D eigenvalue weighted by Gasteiger charge is 2.29. The summed E-state index contributed by atoms with van der Waals surface area (Å²) in [6.07, 6.45) is 5.69. The summed E-state index contributed by atoms with van der Waals surface area (Å²) in [5.41, 5.74) is 5.50. The summed E-state index contributed by atoms with van der Waals surface area (Å²) < 4.78 is 2.03. The molecule has 5 N–H and O–H groups in total. The number of aromatic amines is 2. The number of nitrogens with zero attached hydrogens (tertiary/aromatic N) is 4. The number of amides is 1. The fraction of sp³-hybridized carbons (Fsp3) is 0.289. The first kappa shape index (κ1) is 36.7. The number of hydrogen-bond acceptors (Lipinski definition) is 9. The van der Waals surface area contributed by atoms with Crippen molar-refractivity contribution in [1.82, 2.24) is 29.8 Å². The Morgan fingerprint density at radius 2 is 1.89 bits per heavy atom. The highest BCUT2D eigenvalue weighted by atomic mass is 32.1. The standard InChI is InChI=1S/C21H22N4O6S.C17H17N3O/c1-11-22-14-4-3-12(9-13(14)19(28)23-11)10-25(2)17-7-6-16(32-17)20(29)24-15(21(30)31)5-8-18(26)27;1-20-9-13(12-4-2-3-5-16(12)20)17(21)11-6-7-14-15(8-11)19-10-18-14/h3-4,6-7,9,15H,5,8,10H2,1-2H3,(H,24,29)(H,26,27)(H,30,31)(H,22,23,28);2-5,9-11H,6-8H2,1H3,(H,18,19)/t15-;11-/m01/s1. The molecule has 2 atom stereocenters. The zero-order chi connectivity index (χ0) is 37.8. The maximum atomic E-state index is 12.9. The molecule has 0 saturated heterocycles. The van der Waals surface area contributed by atoms with Crippen molar-refractivity contribution in [1.29, 1.82) is 0 Å². The number of Topliss-reactive ketones (excluding diaryl/α,β-unsaturated/α-hetero) is 1. The van der Waals surface area contributed by atoms with Crippen molar-refractivity contribution in [3.63, 3.8) is 0 Å². The van der Waals surface area contributed by atoms with Gasteiger partial charge < -0.3 is 35.0 Å². The van der Waals surface area contributed by atoms with Crippen LogP contribution in [-0.2, 0) is 36.0 Å². The molecule has 0 radical (unpaired) electrons. The second kappa shape index (κ2) is 15.7. The van der Waals surface area contributed by atoms with Gasteiger partial charge in [0, 0.05) is 61.3 Å². The molecule has 7 rings (SSSR count). The number of aryl methyl sites for hydroxylation is 3. The SMILES string of the molecule is Cc1nc2ccc(CN(C)c3ccc(C(=O)N[C@@H](CCC(=O)O)C(=O)O)s3)cc2c(=O)[nH]1.Cn1cc(C(=O)[C@@H]2CCc3nc[nH]c3C2)c2ccccc21. The lowest BCUT2D eigenvalue weighted by molar-refractivity contribution is -0.140. The number of H-pyrrole nitrogens is 2. The molecule has 0 fully saturated rings. The van der Waals surface area contributed by atoms with Gasteiger partial charge in [0.25, 0.3) is 11.5 Å². The van der Waals surface area contributed by atoms with Gasteiger partial charge in [0.2, 0.25) is 0 Å². The summed E-state index contributed by atoms with van der Waals surface area (Å²) in [7, 11) is 3.83. The second-order valence-electron chi connectivity index (χ2n) is 13.1. The summed E-state index contributed by atoms with van der Waals surface area (Å²) in [5.74, 6) is -2.14. The predicted molar refractivity (Wildman–Crippen MR) is 201 cm³/mol. The molecule has 0 bridgehead atoms. The fourth-order valence-corrected chi connectivity index (χ4v) is 7.41. The van der Waals surface area contributed by atoms with Crippen LogP contribution in [0.5, 0.6) is 0 Å². The van der Waals surface area contributed by atoms with Gasteiger partial charge in [-0.1, -0.05) is 24.3 Å². The number of aromatic nitrogens is 5. The van der Waals surface area contributed by atoms with Gasteiger partial charge in [-0.25, -0.2) is 14.8 Å². The largest absolute Gasteiger partial charge is 0.481 e. The third kappa shape index (κ3) is 8.36. The van der Waals surface area contributed by atoms with Gasteiger partial charge in [0.1, 0.15) is 11.9 Å². The number of aliphatic carboxylic acids is 2. The van der Waals surface area contributed by atoms with Crippen LogP contribution in [0.15, 0.2) is 71.9 Å². The number of carbonyl (C=O) groups is 4. The first-order valence-electron chi connectivity index (χ1n) is 17.0. The third-order valence-corrected chi connectivity index (χ3v) is 10.5. The highest BCUT2D eigenvalue weighted by molar-refractivity contribution is 7.18. The van der Waals surface area contributed by atoms with Crippen LogP contribution in [-0.4, -0.2) is 71.4 Å². The smallest absolute Gasteiger partial charge is 0.326 e. The van der Waals surface area contributed by atoms with Gasteiger partial charge >= 0.3 is 11.9 Å². The number of imidazole rings is 1. The van der Waals surface area contributed by atoms with E-state index < -0.39 is 23.9 Å². The maximum absolute atomic E-state index is 12.9. The Kier molecular flexibility index (Phi) is 10.8. The van der Waals surface area contributed by atoms with E-state index in [9.17, 15) is 29.1 Å². The lowest BCUT2D eigenvalue weighted by Crippen LogP contribution is -2.40. The van der Waals surface area contributed by atoms with E-state index in [0.717, 1.165) is 57.7 Å². The normalized spacial score (nSPS) is 14.2. The number of anilines is 1. The fourth-order valence-electron chi connectivity index (χ4n) is 6.55. The first-order chi connectivity index (χ1) is 25.4. The Hall–Kier alpha value is -6.09. The van der Waals surface area contributed by atoms with Crippen molar-refractivity contribution < 1.29 is 29.4 Å². The average Bonchev–Trinajstić information content (AvgIpc) is 3.89. The Balaban J connectivity index is 0.000000196. The van der Waals surface area contributed by atoms with Crippen molar-refractivity contribution in [2.75, 3.05) is 11.9 Å². The molecule has 6 aromatic rings. The number of carboxylic acids is 2. The molecule has 4 aromatic heterocycles. The molecule has 1 amide bonds. The van der Waals surface area contributed by atoms with Gasteiger partial charge in [-0.15, -0.1) is 11.3 Å². The number of carbonyl (C=O) groups excluding carboxylic acids is 2. The second-order valence-corrected chi connectivity index (χ2v) is 14.2. The molecule has 1 aliphatic carbocycles. The average molecular weight is 738 g/mol. The molecular weight excluding hydrogens is 699 g/mol. The van der Waals surface area contributed by atoms with E-state index in [1.807, 2.05) is 54.0 Å². The van der Waals surface area contributed by atoms with Crippen molar-refractivity contribution in [2.24, 2.45) is 13.0 Å². The number of benzene rings is 2. The third-order valence-electron chi connectivity index (χ3n) is 9.27.